The van der Waals surface area contributed by atoms with E-state index in [1.165, 1.54) is 154 Å². The molecule has 5 atom stereocenters. The third-order valence-corrected chi connectivity index (χ3v) is 18.9. The molecule has 19 heteroatoms. The highest BCUT2D eigenvalue weighted by Gasteiger charge is 2.30. The maximum Gasteiger partial charge on any atom is 0.472 e. The van der Waals surface area contributed by atoms with Crippen LogP contribution in [-0.2, 0) is 65.4 Å². The van der Waals surface area contributed by atoms with Crippen molar-refractivity contribution in [3.05, 3.63) is 24.3 Å². The largest absolute Gasteiger partial charge is 0.472 e. The monoisotopic (exact) mass is 1390 g/mol. The van der Waals surface area contributed by atoms with Crippen LogP contribution in [0, 0.1) is 17.8 Å². The smallest absolute Gasteiger partial charge is 0.462 e. The Balaban J connectivity index is 5.25. The van der Waals surface area contributed by atoms with E-state index in [2.05, 4.69) is 72.8 Å². The van der Waals surface area contributed by atoms with Crippen molar-refractivity contribution in [3.63, 3.8) is 0 Å². The van der Waals surface area contributed by atoms with E-state index in [1.807, 2.05) is 0 Å². The number of carbonyl (C=O) groups excluding carboxylic acids is 4. The first-order chi connectivity index (χ1) is 45.7. The van der Waals surface area contributed by atoms with Gasteiger partial charge >= 0.3 is 39.5 Å². The molecule has 0 aliphatic rings. The van der Waals surface area contributed by atoms with Gasteiger partial charge in [0.05, 0.1) is 26.4 Å². The maximum atomic E-state index is 13.1. The average molecular weight is 1390 g/mol. The summed E-state index contributed by atoms with van der Waals surface area (Å²) in [6.07, 6.45) is 55.1. The average Bonchev–Trinajstić information content (AvgIpc) is 1.66. The Bertz CT molecular complexity index is 1950. The van der Waals surface area contributed by atoms with Crippen LogP contribution in [0.3, 0.4) is 0 Å². The lowest BCUT2D eigenvalue weighted by molar-refractivity contribution is -0.161. The van der Waals surface area contributed by atoms with Crippen molar-refractivity contribution >= 4 is 39.5 Å². The second kappa shape index (κ2) is 66.1. The molecule has 0 amide bonds. The summed E-state index contributed by atoms with van der Waals surface area (Å²) in [5.74, 6) is 0.0748. The van der Waals surface area contributed by atoms with Gasteiger partial charge in [0.1, 0.15) is 19.3 Å². The molecule has 0 heterocycles. The van der Waals surface area contributed by atoms with Crippen LogP contribution in [0.5, 0.6) is 0 Å². The fourth-order valence-electron chi connectivity index (χ4n) is 11.1. The van der Waals surface area contributed by atoms with Gasteiger partial charge in [0, 0.05) is 25.7 Å². The van der Waals surface area contributed by atoms with Gasteiger partial charge in [-0.1, -0.05) is 310 Å². The summed E-state index contributed by atoms with van der Waals surface area (Å²) in [4.78, 5) is 72.7. The predicted octanol–water partition coefficient (Wildman–Crippen LogP) is 21.7. The molecule has 0 spiro atoms. The third-order valence-electron chi connectivity index (χ3n) is 17.0. The molecule has 0 aromatic heterocycles. The molecule has 0 saturated carbocycles. The molecule has 0 bridgehead atoms. The van der Waals surface area contributed by atoms with Crippen LogP contribution >= 0.6 is 15.6 Å². The minimum atomic E-state index is -4.96. The van der Waals surface area contributed by atoms with Crippen molar-refractivity contribution in [3.8, 4) is 0 Å². The Morgan fingerprint density at radius 2 is 0.568 bits per heavy atom. The zero-order valence-corrected chi connectivity index (χ0v) is 63.4. The van der Waals surface area contributed by atoms with Gasteiger partial charge in [-0.2, -0.15) is 0 Å². The van der Waals surface area contributed by atoms with Crippen molar-refractivity contribution in [2.75, 3.05) is 39.6 Å². The number of esters is 4. The molecule has 0 rings (SSSR count). The predicted molar refractivity (Wildman–Crippen MR) is 386 cm³/mol. The topological polar surface area (TPSA) is 237 Å². The summed E-state index contributed by atoms with van der Waals surface area (Å²) in [6, 6.07) is 0. The number of phosphoric acid groups is 2. The summed E-state index contributed by atoms with van der Waals surface area (Å²) in [5, 5.41) is 10.6. The van der Waals surface area contributed by atoms with Gasteiger partial charge in [0.15, 0.2) is 12.2 Å². The molecule has 2 unspecified atom stereocenters. The third kappa shape index (κ3) is 69.8. The van der Waals surface area contributed by atoms with E-state index >= 15 is 0 Å². The first kappa shape index (κ1) is 92.5. The number of hydrogen-bond acceptors (Lipinski definition) is 15. The van der Waals surface area contributed by atoms with E-state index in [1.54, 1.807) is 0 Å². The summed E-state index contributed by atoms with van der Waals surface area (Å²) in [5.41, 5.74) is 0. The normalized spacial score (nSPS) is 14.2. The first-order valence-electron chi connectivity index (χ1n) is 38.7. The SMILES string of the molecule is CCCCCC/C=C\C=C/CCCCCCCC(=O)O[C@H](COC(=O)CCCCCCCCC(C)C)COP(=O)(O)OC[C@H](O)COP(=O)(O)OC[C@@H](COC(=O)CCCCCCCCCCCC(C)C)OC(=O)CCCCCCCCCCCCCCCCCCC(C)C. The van der Waals surface area contributed by atoms with Crippen LogP contribution in [0.2, 0.25) is 0 Å². The maximum absolute atomic E-state index is 13.1. The number of unbranched alkanes of at least 4 members (excludes halogenated alkanes) is 37. The number of aliphatic hydroxyl groups excluding tert-OH is 1. The summed E-state index contributed by atoms with van der Waals surface area (Å²) >= 11 is 0. The number of allylic oxidation sites excluding steroid dienone is 4. The number of rotatable bonds is 72. The fourth-order valence-corrected chi connectivity index (χ4v) is 12.6. The van der Waals surface area contributed by atoms with E-state index < -0.39 is 97.5 Å². The quantitative estimate of drug-likeness (QED) is 0.0169. The fraction of sp³-hybridized carbons (Fsp3) is 0.895. The zero-order chi connectivity index (χ0) is 70.1. The van der Waals surface area contributed by atoms with Crippen molar-refractivity contribution in [1.82, 2.24) is 0 Å². The molecule has 0 aromatic carbocycles. The summed E-state index contributed by atoms with van der Waals surface area (Å²) in [7, 11) is -9.92. The van der Waals surface area contributed by atoms with Crippen molar-refractivity contribution in [2.45, 2.75) is 381 Å². The Hall–Kier alpha value is -2.46. The molecule has 560 valence electrons. The van der Waals surface area contributed by atoms with Gasteiger partial charge in [0.25, 0.3) is 0 Å². The molecule has 0 fully saturated rings. The number of ether oxygens (including phenoxy) is 4. The van der Waals surface area contributed by atoms with Gasteiger partial charge in [0.2, 0.25) is 0 Å². The van der Waals surface area contributed by atoms with Crippen molar-refractivity contribution < 1.29 is 80.2 Å². The molecule has 17 nitrogen and oxygen atoms in total. The molecule has 95 heavy (non-hydrogen) atoms. The molecular weight excluding hydrogens is 1250 g/mol. The van der Waals surface area contributed by atoms with Gasteiger partial charge in [-0.25, -0.2) is 9.13 Å². The van der Waals surface area contributed by atoms with E-state index in [-0.39, 0.29) is 25.7 Å². The summed E-state index contributed by atoms with van der Waals surface area (Å²) in [6.45, 7) is 11.8. The van der Waals surface area contributed by atoms with E-state index in [0.717, 1.165) is 121 Å². The zero-order valence-electron chi connectivity index (χ0n) is 61.6. The van der Waals surface area contributed by atoms with Crippen LogP contribution in [0.1, 0.15) is 363 Å². The Morgan fingerprint density at radius 3 is 0.853 bits per heavy atom. The lowest BCUT2D eigenvalue weighted by Crippen LogP contribution is -2.30. The lowest BCUT2D eigenvalue weighted by atomic mass is 10.0. The molecule has 0 aliphatic carbocycles. The molecule has 3 N–H and O–H groups in total. The second-order valence-corrected chi connectivity index (χ2v) is 31.0. The van der Waals surface area contributed by atoms with Crippen molar-refractivity contribution in [1.29, 1.82) is 0 Å². The number of aliphatic hydroxyl groups is 1. The number of carbonyl (C=O) groups is 4. The first-order valence-corrected chi connectivity index (χ1v) is 41.7. The van der Waals surface area contributed by atoms with Crippen LogP contribution in [0.4, 0.5) is 0 Å². The van der Waals surface area contributed by atoms with Crippen LogP contribution < -0.4 is 0 Å². The van der Waals surface area contributed by atoms with Gasteiger partial charge in [-0.15, -0.1) is 0 Å². The van der Waals surface area contributed by atoms with Gasteiger partial charge in [-0.05, 0) is 69.1 Å². The highest BCUT2D eigenvalue weighted by molar-refractivity contribution is 7.47. The highest BCUT2D eigenvalue weighted by atomic mass is 31.2. The van der Waals surface area contributed by atoms with Crippen LogP contribution in [-0.4, -0.2) is 96.7 Å². The minimum absolute atomic E-state index is 0.0837. The molecule has 0 aromatic rings. The number of hydrogen-bond donors (Lipinski definition) is 3. The standard InChI is InChI=1S/C76H144O17P2/c1-8-9-10-11-12-13-14-15-18-22-25-30-36-45-52-60-76(81)93-72(64-87-74(79)58-51-44-39-38-42-49-56-69(6)7)66-91-95(84,85)89-62-70(77)61-88-94(82,83)90-65-71(63-86-73(78)57-50-43-35-32-27-29-34-41-48-55-68(4)5)92-75(80)59-53-46-37-31-26-23-20-17-16-19-21-24-28-33-40-47-54-67(2)3/h13-15,18,67-72,77H,8-12,16-17,19-66H2,1-7H3,(H,82,83)(H,84,85)/b14-13-,18-15-/t70-,71-,72-/m1/s1. The minimum Gasteiger partial charge on any atom is -0.462 e. The Morgan fingerprint density at radius 1 is 0.326 bits per heavy atom. The molecule has 0 aliphatic heterocycles. The lowest BCUT2D eigenvalue weighted by Gasteiger charge is -2.21. The van der Waals surface area contributed by atoms with Crippen molar-refractivity contribution in [2.24, 2.45) is 17.8 Å². The molecule has 0 saturated heterocycles. The van der Waals surface area contributed by atoms with Crippen LogP contribution in [0.25, 0.3) is 0 Å². The molecular formula is C76H144O17P2. The second-order valence-electron chi connectivity index (χ2n) is 28.1. The van der Waals surface area contributed by atoms with Gasteiger partial charge in [-0.3, -0.25) is 37.3 Å². The van der Waals surface area contributed by atoms with Gasteiger partial charge < -0.3 is 33.8 Å². The van der Waals surface area contributed by atoms with E-state index in [0.29, 0.717) is 31.6 Å². The number of phosphoric ester groups is 2. The van der Waals surface area contributed by atoms with E-state index in [4.69, 9.17) is 37.0 Å². The highest BCUT2D eigenvalue weighted by Crippen LogP contribution is 2.45. The van der Waals surface area contributed by atoms with Crippen LogP contribution in [0.15, 0.2) is 24.3 Å². The van der Waals surface area contributed by atoms with E-state index in [9.17, 15) is 43.2 Å². The Labute approximate surface area is 580 Å². The Kier molecular flexibility index (Phi) is 64.4. The molecule has 0 radical (unpaired) electrons. The summed E-state index contributed by atoms with van der Waals surface area (Å²) < 4.78 is 68.4.